The number of thioether (sulfide) groups is 1. The molecule has 1 N–H and O–H groups in total. The van der Waals surface area contributed by atoms with Crippen molar-refractivity contribution in [2.45, 2.75) is 51.0 Å². The summed E-state index contributed by atoms with van der Waals surface area (Å²) in [5.74, 6) is -0.860. The van der Waals surface area contributed by atoms with Crippen molar-refractivity contribution in [3.05, 3.63) is 29.3 Å². The fraction of sp³-hybridized carbons (Fsp3) is 0.500. The third-order valence-corrected chi connectivity index (χ3v) is 5.84. The molecule has 0 aromatic heterocycles. The molecule has 1 aromatic carbocycles. The zero-order valence-corrected chi connectivity index (χ0v) is 15.4. The number of rotatable bonds is 5. The number of amides is 3. The second-order valence-electron chi connectivity index (χ2n) is 6.06. The van der Waals surface area contributed by atoms with Crippen molar-refractivity contribution < 1.29 is 14.4 Å². The van der Waals surface area contributed by atoms with E-state index in [1.807, 2.05) is 45.9 Å². The van der Waals surface area contributed by atoms with Crippen LogP contribution in [0.1, 0.15) is 37.8 Å². The SMILES string of the molecule is CC[C@@H]1S[C@H](CC)C(=O)N(CC(=O)Nc2ccc(C)cc2C)C1=O. The maximum Gasteiger partial charge on any atom is 0.244 e. The molecule has 1 aliphatic rings. The van der Waals surface area contributed by atoms with Gasteiger partial charge in [-0.1, -0.05) is 31.5 Å². The number of carbonyl (C=O) groups excluding carboxylic acids is 3. The highest BCUT2D eigenvalue weighted by atomic mass is 32.2. The van der Waals surface area contributed by atoms with E-state index in [9.17, 15) is 14.4 Å². The fourth-order valence-electron chi connectivity index (χ4n) is 2.76. The van der Waals surface area contributed by atoms with Crippen LogP contribution in [-0.4, -0.2) is 39.7 Å². The second kappa shape index (κ2) is 7.83. The smallest absolute Gasteiger partial charge is 0.244 e. The highest BCUT2D eigenvalue weighted by molar-refractivity contribution is 8.02. The number of anilines is 1. The minimum absolute atomic E-state index is 0.224. The van der Waals surface area contributed by atoms with Crippen molar-refractivity contribution in [3.63, 3.8) is 0 Å². The lowest BCUT2D eigenvalue weighted by atomic mass is 10.1. The van der Waals surface area contributed by atoms with E-state index < -0.39 is 0 Å². The van der Waals surface area contributed by atoms with Gasteiger partial charge in [-0.15, -0.1) is 11.8 Å². The number of benzene rings is 1. The van der Waals surface area contributed by atoms with Gasteiger partial charge in [0.05, 0.1) is 10.5 Å². The molecule has 0 aliphatic carbocycles. The van der Waals surface area contributed by atoms with Gasteiger partial charge < -0.3 is 5.32 Å². The van der Waals surface area contributed by atoms with Gasteiger partial charge >= 0.3 is 0 Å². The lowest BCUT2D eigenvalue weighted by molar-refractivity contribution is -0.147. The number of aryl methyl sites for hydroxylation is 2. The molecule has 0 saturated carbocycles. The van der Waals surface area contributed by atoms with Crippen LogP contribution in [0.5, 0.6) is 0 Å². The van der Waals surface area contributed by atoms with Crippen LogP contribution in [0.25, 0.3) is 0 Å². The Balaban J connectivity index is 2.10. The first-order valence-corrected chi connectivity index (χ1v) is 9.19. The van der Waals surface area contributed by atoms with Crippen LogP contribution < -0.4 is 5.32 Å². The predicted molar refractivity (Wildman–Crippen MR) is 97.0 cm³/mol. The van der Waals surface area contributed by atoms with Gasteiger partial charge in [0.25, 0.3) is 0 Å². The monoisotopic (exact) mass is 348 g/mol. The lowest BCUT2D eigenvalue weighted by Crippen LogP contribution is -2.53. The van der Waals surface area contributed by atoms with E-state index in [-0.39, 0.29) is 34.8 Å². The summed E-state index contributed by atoms with van der Waals surface area (Å²) in [5, 5.41) is 2.30. The van der Waals surface area contributed by atoms with Gasteiger partial charge in [-0.3, -0.25) is 19.3 Å². The van der Waals surface area contributed by atoms with Crippen LogP contribution >= 0.6 is 11.8 Å². The average molecular weight is 348 g/mol. The Bertz CT molecular complexity index is 638. The van der Waals surface area contributed by atoms with Crippen molar-refractivity contribution in [1.29, 1.82) is 0 Å². The minimum Gasteiger partial charge on any atom is -0.324 e. The van der Waals surface area contributed by atoms with Crippen molar-refractivity contribution >= 4 is 35.2 Å². The molecule has 2 atom stereocenters. The van der Waals surface area contributed by atoms with Gasteiger partial charge in [-0.05, 0) is 38.3 Å². The summed E-state index contributed by atoms with van der Waals surface area (Å²) in [6, 6.07) is 5.72. The standard InChI is InChI=1S/C18H24N2O3S/c1-5-14-17(22)20(18(23)15(6-2)24-14)10-16(21)19-13-8-7-11(3)9-12(13)4/h7-9,14-15H,5-6,10H2,1-4H3,(H,19,21)/t14-,15+. The zero-order valence-electron chi connectivity index (χ0n) is 14.6. The van der Waals surface area contributed by atoms with E-state index >= 15 is 0 Å². The maximum atomic E-state index is 12.4. The van der Waals surface area contributed by atoms with E-state index in [0.717, 1.165) is 16.0 Å². The molecule has 0 radical (unpaired) electrons. The van der Waals surface area contributed by atoms with Gasteiger partial charge in [-0.25, -0.2) is 0 Å². The highest BCUT2D eigenvalue weighted by Crippen LogP contribution is 2.31. The Labute approximate surface area is 147 Å². The van der Waals surface area contributed by atoms with E-state index in [0.29, 0.717) is 18.5 Å². The van der Waals surface area contributed by atoms with E-state index in [1.54, 1.807) is 0 Å². The van der Waals surface area contributed by atoms with Crippen LogP contribution in [0, 0.1) is 13.8 Å². The van der Waals surface area contributed by atoms with Crippen LogP contribution in [0.15, 0.2) is 18.2 Å². The number of carbonyl (C=O) groups is 3. The van der Waals surface area contributed by atoms with Crippen molar-refractivity contribution in [1.82, 2.24) is 4.90 Å². The Morgan fingerprint density at radius 1 is 1.12 bits per heavy atom. The summed E-state index contributed by atoms with van der Waals surface area (Å²) in [4.78, 5) is 38.3. The van der Waals surface area contributed by atoms with Gasteiger partial charge in [-0.2, -0.15) is 0 Å². The number of imide groups is 1. The molecule has 1 aromatic rings. The molecule has 2 rings (SSSR count). The summed E-state index contributed by atoms with van der Waals surface area (Å²) in [6.45, 7) is 7.52. The number of nitrogens with one attached hydrogen (secondary N) is 1. The molecule has 0 unspecified atom stereocenters. The molecule has 6 heteroatoms. The van der Waals surface area contributed by atoms with Crippen molar-refractivity contribution in [2.24, 2.45) is 0 Å². The van der Waals surface area contributed by atoms with Gasteiger partial charge in [0.2, 0.25) is 17.7 Å². The normalized spacial score (nSPS) is 21.1. The second-order valence-corrected chi connectivity index (χ2v) is 7.47. The average Bonchev–Trinajstić information content (AvgIpc) is 2.54. The summed E-state index contributed by atoms with van der Waals surface area (Å²) in [6.07, 6.45) is 1.31. The molecule has 1 aliphatic heterocycles. The Hall–Kier alpha value is -1.82. The lowest BCUT2D eigenvalue weighted by Gasteiger charge is -2.34. The molecule has 0 bridgehead atoms. The van der Waals surface area contributed by atoms with Gasteiger partial charge in [0, 0.05) is 5.69 Å². The highest BCUT2D eigenvalue weighted by Gasteiger charge is 2.40. The Morgan fingerprint density at radius 2 is 1.71 bits per heavy atom. The molecule has 1 saturated heterocycles. The molecular weight excluding hydrogens is 324 g/mol. The summed E-state index contributed by atoms with van der Waals surface area (Å²) < 4.78 is 0. The Kier molecular flexibility index (Phi) is 6.04. The molecule has 3 amide bonds. The first-order valence-electron chi connectivity index (χ1n) is 8.25. The van der Waals surface area contributed by atoms with Crippen LogP contribution in [0.3, 0.4) is 0 Å². The molecule has 5 nitrogen and oxygen atoms in total. The molecular formula is C18H24N2O3S. The number of nitrogens with zero attached hydrogens (tertiary/aromatic N) is 1. The Morgan fingerprint density at radius 3 is 2.21 bits per heavy atom. The molecule has 1 fully saturated rings. The topological polar surface area (TPSA) is 66.5 Å². The van der Waals surface area contributed by atoms with Gasteiger partial charge in [0.1, 0.15) is 6.54 Å². The van der Waals surface area contributed by atoms with Crippen LogP contribution in [0.4, 0.5) is 5.69 Å². The minimum atomic E-state index is -0.347. The maximum absolute atomic E-state index is 12.4. The molecule has 130 valence electrons. The van der Waals surface area contributed by atoms with Crippen LogP contribution in [-0.2, 0) is 14.4 Å². The van der Waals surface area contributed by atoms with Crippen LogP contribution in [0.2, 0.25) is 0 Å². The molecule has 1 heterocycles. The predicted octanol–water partition coefficient (Wildman–Crippen LogP) is 2.90. The summed E-state index contributed by atoms with van der Waals surface area (Å²) >= 11 is 1.41. The number of hydrogen-bond acceptors (Lipinski definition) is 4. The third kappa shape index (κ3) is 3.98. The van der Waals surface area contributed by atoms with Gasteiger partial charge in [0.15, 0.2) is 0 Å². The first-order chi connectivity index (χ1) is 11.4. The van der Waals surface area contributed by atoms with E-state index in [1.165, 1.54) is 11.8 Å². The summed E-state index contributed by atoms with van der Waals surface area (Å²) in [5.41, 5.74) is 2.77. The molecule has 0 spiro atoms. The van der Waals surface area contributed by atoms with E-state index in [4.69, 9.17) is 0 Å². The summed E-state index contributed by atoms with van der Waals surface area (Å²) in [7, 11) is 0. The first kappa shape index (κ1) is 18.5. The quantitative estimate of drug-likeness (QED) is 0.831. The van der Waals surface area contributed by atoms with E-state index in [2.05, 4.69) is 5.32 Å². The van der Waals surface area contributed by atoms with Crippen molar-refractivity contribution in [3.8, 4) is 0 Å². The molecule has 24 heavy (non-hydrogen) atoms. The number of hydrogen-bond donors (Lipinski definition) is 1. The zero-order chi connectivity index (χ0) is 17.9. The third-order valence-electron chi connectivity index (χ3n) is 4.11. The fourth-order valence-corrected chi connectivity index (χ4v) is 4.02. The van der Waals surface area contributed by atoms with Crippen molar-refractivity contribution in [2.75, 3.05) is 11.9 Å². The largest absolute Gasteiger partial charge is 0.324 e.